The van der Waals surface area contributed by atoms with Gasteiger partial charge in [-0.15, -0.1) is 0 Å². The van der Waals surface area contributed by atoms with Crippen molar-refractivity contribution >= 4 is 35.4 Å². The van der Waals surface area contributed by atoms with E-state index >= 15 is 0 Å². The molecule has 1 spiro atoms. The number of rotatable bonds is 13. The third-order valence-electron chi connectivity index (χ3n) is 10.1. The molecule has 4 amide bonds. The van der Waals surface area contributed by atoms with E-state index in [1.807, 2.05) is 57.8 Å². The molecule has 5 rings (SSSR count). The highest BCUT2D eigenvalue weighted by molar-refractivity contribution is 6.38. The van der Waals surface area contributed by atoms with Crippen LogP contribution in [0.1, 0.15) is 97.5 Å². The molecule has 3 fully saturated rings. The molecule has 274 valence electrons. The minimum absolute atomic E-state index is 0.00560. The molecule has 0 unspecified atom stereocenters. The molecule has 4 atom stereocenters. The molecule has 0 bridgehead atoms. The monoisotopic (exact) mass is 694 g/mol. The van der Waals surface area contributed by atoms with E-state index in [0.717, 1.165) is 44.9 Å². The van der Waals surface area contributed by atoms with Gasteiger partial charge in [-0.1, -0.05) is 69.6 Å². The number of nitrogens with one attached hydrogen (secondary N) is 3. The molecular formula is C37H54N6O7. The molecule has 3 N–H and O–H groups in total. The van der Waals surface area contributed by atoms with Crippen molar-refractivity contribution in [3.8, 4) is 0 Å². The molecule has 13 nitrogen and oxygen atoms in total. The minimum Gasteiger partial charge on any atom is -0.446 e. The van der Waals surface area contributed by atoms with E-state index in [9.17, 15) is 24.0 Å². The zero-order valence-corrected chi connectivity index (χ0v) is 30.2. The molecule has 1 saturated heterocycles. The van der Waals surface area contributed by atoms with Crippen molar-refractivity contribution in [1.82, 2.24) is 25.8 Å². The van der Waals surface area contributed by atoms with E-state index in [-0.39, 0.29) is 31.5 Å². The van der Waals surface area contributed by atoms with Gasteiger partial charge < -0.3 is 35.3 Å². The summed E-state index contributed by atoms with van der Waals surface area (Å²) in [5, 5.41) is 12.8. The van der Waals surface area contributed by atoms with Crippen LogP contribution in [-0.2, 0) is 35.2 Å². The van der Waals surface area contributed by atoms with Crippen molar-refractivity contribution in [2.75, 3.05) is 20.1 Å². The highest BCUT2D eigenvalue weighted by Crippen LogP contribution is 2.39. The minimum atomic E-state index is -1.04. The number of ether oxygens (including phenoxy) is 1. The van der Waals surface area contributed by atoms with Gasteiger partial charge in [0.2, 0.25) is 17.6 Å². The number of carbonyl (C=O) groups is 5. The van der Waals surface area contributed by atoms with Crippen molar-refractivity contribution in [3.63, 3.8) is 0 Å². The number of benzene rings is 1. The first-order valence-corrected chi connectivity index (χ1v) is 18.2. The number of oxime groups is 1. The van der Waals surface area contributed by atoms with Gasteiger partial charge in [0.1, 0.15) is 24.0 Å². The summed E-state index contributed by atoms with van der Waals surface area (Å²) in [4.78, 5) is 77.2. The number of likely N-dealkylation sites (N-methyl/N-ethyl adjacent to an activating group) is 1. The second-order valence-corrected chi connectivity index (χ2v) is 15.5. The van der Waals surface area contributed by atoms with Gasteiger partial charge in [-0.05, 0) is 62.3 Å². The van der Waals surface area contributed by atoms with Gasteiger partial charge in [-0.25, -0.2) is 4.79 Å². The smallest absolute Gasteiger partial charge is 0.408 e. The Balaban J connectivity index is 1.34. The van der Waals surface area contributed by atoms with Gasteiger partial charge in [0.05, 0.1) is 19.0 Å². The molecule has 50 heavy (non-hydrogen) atoms. The van der Waals surface area contributed by atoms with Crippen molar-refractivity contribution in [2.24, 2.45) is 10.6 Å². The molecule has 13 heteroatoms. The topological polar surface area (TPSA) is 159 Å². The molecule has 2 aliphatic carbocycles. The average Bonchev–Trinajstić information content (AvgIpc) is 3.43. The van der Waals surface area contributed by atoms with Crippen LogP contribution < -0.4 is 16.0 Å². The normalized spacial score (nSPS) is 23.1. The maximum absolute atomic E-state index is 14.5. The van der Waals surface area contributed by atoms with E-state index in [1.165, 1.54) is 10.5 Å². The van der Waals surface area contributed by atoms with E-state index in [4.69, 9.17) is 9.57 Å². The lowest BCUT2D eigenvalue weighted by atomic mass is 9.85. The lowest BCUT2D eigenvalue weighted by Gasteiger charge is -2.35. The summed E-state index contributed by atoms with van der Waals surface area (Å²) < 4.78 is 5.65. The predicted molar refractivity (Wildman–Crippen MR) is 187 cm³/mol. The molecule has 0 radical (unpaired) electrons. The molecule has 2 saturated carbocycles. The number of likely N-dealkylation sites (tertiary alicyclic amines) is 1. The van der Waals surface area contributed by atoms with Crippen LogP contribution >= 0.6 is 0 Å². The summed E-state index contributed by atoms with van der Waals surface area (Å²) in [7, 11) is 1.94. The SMILES string of the molecule is CCC[C@H](NC(=O)[C@@H]1C[C@]2(CC(N(C)CCc3ccccc3)=NO2)CN1C(=O)[C@@H](NC(=O)OC1CCCC1)C(C)(C)C)C(=O)C(=O)NC1CC1. The fourth-order valence-electron chi connectivity index (χ4n) is 6.98. The molecule has 1 aromatic carbocycles. The Morgan fingerprint density at radius 2 is 1.76 bits per heavy atom. The van der Waals surface area contributed by atoms with Crippen LogP contribution in [-0.4, -0.2) is 101 Å². The summed E-state index contributed by atoms with van der Waals surface area (Å²) >= 11 is 0. The number of alkyl carbamates (subject to hydrolysis) is 1. The second kappa shape index (κ2) is 15.8. The quantitative estimate of drug-likeness (QED) is 0.265. The Labute approximate surface area is 295 Å². The summed E-state index contributed by atoms with van der Waals surface area (Å²) in [5.74, 6) is -1.73. The van der Waals surface area contributed by atoms with Crippen LogP contribution in [0.4, 0.5) is 4.79 Å². The first kappa shape index (κ1) is 37.1. The number of amidine groups is 1. The Morgan fingerprint density at radius 3 is 2.40 bits per heavy atom. The van der Waals surface area contributed by atoms with Crippen LogP contribution in [0.15, 0.2) is 35.5 Å². The highest BCUT2D eigenvalue weighted by Gasteiger charge is 2.56. The largest absolute Gasteiger partial charge is 0.446 e. The molecule has 1 aromatic rings. The van der Waals surface area contributed by atoms with E-state index < -0.39 is 58.7 Å². The van der Waals surface area contributed by atoms with Gasteiger partial charge >= 0.3 is 6.09 Å². The number of carbonyl (C=O) groups excluding carboxylic acids is 5. The molecule has 4 aliphatic rings. The average molecular weight is 695 g/mol. The molecule has 0 aromatic heterocycles. The summed E-state index contributed by atoms with van der Waals surface area (Å²) in [6.07, 6.45) is 6.45. The van der Waals surface area contributed by atoms with Crippen LogP contribution in [0, 0.1) is 5.41 Å². The highest BCUT2D eigenvalue weighted by atomic mass is 16.7. The Kier molecular flexibility index (Phi) is 11.7. The van der Waals surface area contributed by atoms with Gasteiger partial charge in [-0.2, -0.15) is 0 Å². The van der Waals surface area contributed by atoms with E-state index in [2.05, 4.69) is 33.2 Å². The lowest BCUT2D eigenvalue weighted by Crippen LogP contribution is -2.59. The molecule has 2 aliphatic heterocycles. The van der Waals surface area contributed by atoms with Crippen LogP contribution in [0.3, 0.4) is 0 Å². The first-order valence-electron chi connectivity index (χ1n) is 18.2. The Hall–Kier alpha value is -4.16. The number of hydrogen-bond donors (Lipinski definition) is 3. The second-order valence-electron chi connectivity index (χ2n) is 15.5. The third kappa shape index (κ3) is 9.33. The summed E-state index contributed by atoms with van der Waals surface area (Å²) in [5.41, 5.74) is -0.536. The first-order chi connectivity index (χ1) is 23.8. The van der Waals surface area contributed by atoms with Gasteiger partial charge in [-0.3, -0.25) is 19.2 Å². The summed E-state index contributed by atoms with van der Waals surface area (Å²) in [6.45, 7) is 8.14. The number of Topliss-reactive ketones (excluding diaryl/α,β-unsaturated/α-hetero) is 1. The predicted octanol–water partition coefficient (Wildman–Crippen LogP) is 3.45. The Morgan fingerprint density at radius 1 is 1.06 bits per heavy atom. The Bertz CT molecular complexity index is 1440. The van der Waals surface area contributed by atoms with Gasteiger partial charge in [0, 0.05) is 26.1 Å². The molecule has 2 heterocycles. The number of nitrogens with zero attached hydrogens (tertiary/aromatic N) is 3. The van der Waals surface area contributed by atoms with Gasteiger partial charge in [0.15, 0.2) is 5.60 Å². The third-order valence-corrected chi connectivity index (χ3v) is 10.1. The number of hydrogen-bond acceptors (Lipinski definition) is 9. The molecular weight excluding hydrogens is 640 g/mol. The maximum Gasteiger partial charge on any atom is 0.408 e. The fraction of sp³-hybridized carbons (Fsp3) is 0.676. The fourth-order valence-corrected chi connectivity index (χ4v) is 6.98. The van der Waals surface area contributed by atoms with Crippen LogP contribution in [0.5, 0.6) is 0 Å². The number of ketones is 1. The van der Waals surface area contributed by atoms with Crippen LogP contribution in [0.2, 0.25) is 0 Å². The van der Waals surface area contributed by atoms with Crippen molar-refractivity contribution in [3.05, 3.63) is 35.9 Å². The van der Waals surface area contributed by atoms with Crippen molar-refractivity contribution in [1.29, 1.82) is 0 Å². The van der Waals surface area contributed by atoms with Crippen molar-refractivity contribution in [2.45, 2.75) is 134 Å². The summed E-state index contributed by atoms with van der Waals surface area (Å²) in [6, 6.07) is 7.02. The number of amides is 4. The van der Waals surface area contributed by atoms with Crippen LogP contribution in [0.25, 0.3) is 0 Å². The van der Waals surface area contributed by atoms with E-state index in [1.54, 1.807) is 0 Å². The lowest BCUT2D eigenvalue weighted by molar-refractivity contribution is -0.144. The maximum atomic E-state index is 14.5. The zero-order chi connectivity index (χ0) is 36.1. The zero-order valence-electron chi connectivity index (χ0n) is 30.2. The van der Waals surface area contributed by atoms with E-state index in [0.29, 0.717) is 25.2 Å². The van der Waals surface area contributed by atoms with Gasteiger partial charge in [0.25, 0.3) is 5.91 Å². The standard InChI is InChI=1S/C37H54N6O7/c1-6-12-27(30(44)33(46)38-25-17-18-25)39-32(45)28-21-37(22-29(41-50-37)42(5)20-19-24-13-8-7-9-14-24)23-43(28)34(47)31(36(2,3)4)40-35(48)49-26-15-10-11-16-26/h7-9,13-14,25-28,31H,6,10-12,15-23H2,1-5H3,(H,38,46)(H,39,45)(H,40,48)/t27-,28-,31+,37-/m0/s1. The van der Waals surface area contributed by atoms with Crippen molar-refractivity contribution < 1.29 is 33.5 Å².